The van der Waals surface area contributed by atoms with Gasteiger partial charge in [0, 0.05) is 25.3 Å². The van der Waals surface area contributed by atoms with E-state index in [2.05, 4.69) is 5.32 Å². The van der Waals surface area contributed by atoms with Crippen molar-refractivity contribution in [3.05, 3.63) is 0 Å². The second kappa shape index (κ2) is 12.8. The van der Waals surface area contributed by atoms with Crippen molar-refractivity contribution in [3.63, 3.8) is 0 Å². The molecule has 2 N–H and O–H groups in total. The average molecular weight is 440 g/mol. The minimum Gasteiger partial charge on any atom is -0.465 e. The molecule has 0 bridgehead atoms. The zero-order valence-corrected chi connectivity index (χ0v) is 18.5. The van der Waals surface area contributed by atoms with Crippen molar-refractivity contribution in [2.75, 3.05) is 32.1 Å². The van der Waals surface area contributed by atoms with E-state index in [1.165, 1.54) is 20.8 Å². The Morgan fingerprint density at radius 2 is 1.59 bits per heavy atom. The zero-order chi connectivity index (χ0) is 22.7. The Morgan fingerprint density at radius 1 is 1.03 bits per heavy atom. The Bertz CT molecular complexity index is 644. The summed E-state index contributed by atoms with van der Waals surface area (Å²) in [7, 11) is -3.87. The van der Waals surface area contributed by atoms with Crippen molar-refractivity contribution in [1.29, 1.82) is 0 Å². The highest BCUT2D eigenvalue weighted by Crippen LogP contribution is 2.23. The Kier molecular flexibility index (Phi) is 12.0. The molecule has 0 aliphatic heterocycles. The number of esters is 2. The molecule has 0 unspecified atom stereocenters. The number of carbonyl (C=O) groups is 3. The van der Waals surface area contributed by atoms with Crippen molar-refractivity contribution in [1.82, 2.24) is 5.32 Å². The zero-order valence-electron chi connectivity index (χ0n) is 17.7. The van der Waals surface area contributed by atoms with Crippen molar-refractivity contribution in [3.8, 4) is 0 Å². The summed E-state index contributed by atoms with van der Waals surface area (Å²) in [5.41, 5.74) is -1.22. The lowest BCUT2D eigenvalue weighted by Crippen LogP contribution is -2.41. The summed E-state index contributed by atoms with van der Waals surface area (Å²) in [5.74, 6) is -2.09. The summed E-state index contributed by atoms with van der Waals surface area (Å²) < 4.78 is 38.6. The molecule has 29 heavy (non-hydrogen) atoms. The molecular weight excluding hydrogens is 406 g/mol. The third-order valence-electron chi connectivity index (χ3n) is 3.77. The number of rotatable bonds is 14. The maximum absolute atomic E-state index is 12.0. The van der Waals surface area contributed by atoms with Gasteiger partial charge in [0.15, 0.2) is 6.10 Å². The lowest BCUT2D eigenvalue weighted by molar-refractivity contribution is -0.162. The van der Waals surface area contributed by atoms with Gasteiger partial charge in [0.05, 0.1) is 31.5 Å². The highest BCUT2D eigenvalue weighted by molar-refractivity contribution is 7.86. The van der Waals surface area contributed by atoms with Crippen LogP contribution in [-0.2, 0) is 38.2 Å². The fourth-order valence-corrected chi connectivity index (χ4v) is 2.96. The first-order chi connectivity index (χ1) is 13.3. The van der Waals surface area contributed by atoms with Crippen LogP contribution in [0.3, 0.4) is 0 Å². The van der Waals surface area contributed by atoms with Gasteiger partial charge in [0.1, 0.15) is 0 Å². The summed E-state index contributed by atoms with van der Waals surface area (Å²) in [6.07, 6.45) is -1.15. The number of ether oxygens (including phenoxy) is 2. The minimum atomic E-state index is -3.87. The normalized spacial score (nSPS) is 13.1. The fourth-order valence-electron chi connectivity index (χ4n) is 1.86. The number of nitrogens with one attached hydrogen (secondary N) is 1. The number of carbonyl (C=O) groups excluding carboxylic acids is 3. The van der Waals surface area contributed by atoms with E-state index in [9.17, 15) is 27.9 Å². The molecule has 0 saturated heterocycles. The molecule has 0 rings (SSSR count). The molecule has 0 aromatic rings. The van der Waals surface area contributed by atoms with E-state index in [1.807, 2.05) is 0 Å². The monoisotopic (exact) mass is 439 g/mol. The summed E-state index contributed by atoms with van der Waals surface area (Å²) >= 11 is 0. The van der Waals surface area contributed by atoms with E-state index in [0.29, 0.717) is 0 Å². The van der Waals surface area contributed by atoms with E-state index in [1.54, 1.807) is 13.8 Å². The van der Waals surface area contributed by atoms with Crippen LogP contribution in [0.1, 0.15) is 47.5 Å². The number of hydrogen-bond acceptors (Lipinski definition) is 9. The van der Waals surface area contributed by atoms with Crippen molar-refractivity contribution in [2.45, 2.75) is 53.6 Å². The second-order valence-corrected chi connectivity index (χ2v) is 9.35. The van der Waals surface area contributed by atoms with E-state index in [-0.39, 0.29) is 56.1 Å². The second-order valence-electron chi connectivity index (χ2n) is 7.59. The number of hydrogen-bond donors (Lipinski definition) is 2. The number of aliphatic hydroxyl groups excluding tert-OH is 1. The van der Waals surface area contributed by atoms with Crippen molar-refractivity contribution >= 4 is 28.0 Å². The van der Waals surface area contributed by atoms with Crippen molar-refractivity contribution < 1.29 is 41.6 Å². The average Bonchev–Trinajstić information content (AvgIpc) is 2.62. The largest absolute Gasteiger partial charge is 0.465 e. The van der Waals surface area contributed by atoms with Gasteiger partial charge in [0.25, 0.3) is 10.1 Å². The van der Waals surface area contributed by atoms with Gasteiger partial charge < -0.3 is 19.9 Å². The van der Waals surface area contributed by atoms with Gasteiger partial charge in [-0.2, -0.15) is 8.42 Å². The maximum Gasteiger partial charge on any atom is 0.335 e. The molecule has 11 heteroatoms. The van der Waals surface area contributed by atoms with E-state index < -0.39 is 34.2 Å². The fraction of sp³-hybridized carbons (Fsp3) is 0.833. The Labute approximate surface area is 172 Å². The Morgan fingerprint density at radius 3 is 2.10 bits per heavy atom. The lowest BCUT2D eigenvalue weighted by atomic mass is 9.88. The summed E-state index contributed by atoms with van der Waals surface area (Å²) in [6.45, 7) is 7.47. The van der Waals surface area contributed by atoms with Gasteiger partial charge in [-0.3, -0.25) is 13.8 Å². The Hall–Kier alpha value is -1.72. The molecule has 170 valence electrons. The molecule has 0 heterocycles. The Balaban J connectivity index is 4.30. The molecule has 0 saturated carbocycles. The van der Waals surface area contributed by atoms with Crippen LogP contribution in [0, 0.1) is 11.3 Å². The van der Waals surface area contributed by atoms with Crippen LogP contribution in [-0.4, -0.2) is 69.6 Å². The summed E-state index contributed by atoms with van der Waals surface area (Å²) in [4.78, 5) is 34.0. The van der Waals surface area contributed by atoms with Gasteiger partial charge in [-0.25, -0.2) is 4.79 Å². The van der Waals surface area contributed by atoms with Crippen LogP contribution in [0.25, 0.3) is 0 Å². The van der Waals surface area contributed by atoms with Gasteiger partial charge in [-0.05, 0) is 6.42 Å². The molecule has 1 amide bonds. The smallest absolute Gasteiger partial charge is 0.335 e. The van der Waals surface area contributed by atoms with Gasteiger partial charge in [-0.15, -0.1) is 0 Å². The SMILES string of the molecule is CC(=O)NCCCS(=O)(=O)OCC(C)(C)[C@@H](O)C(=O)OCCCOC(=O)C(C)C. The van der Waals surface area contributed by atoms with Crippen LogP contribution < -0.4 is 5.32 Å². The maximum atomic E-state index is 12.0. The van der Waals surface area contributed by atoms with Gasteiger partial charge in [0.2, 0.25) is 5.91 Å². The first kappa shape index (κ1) is 27.3. The first-order valence-corrected chi connectivity index (χ1v) is 11.0. The third-order valence-corrected chi connectivity index (χ3v) is 5.03. The van der Waals surface area contributed by atoms with Crippen molar-refractivity contribution in [2.24, 2.45) is 11.3 Å². The van der Waals surface area contributed by atoms with Gasteiger partial charge >= 0.3 is 11.9 Å². The number of aliphatic hydroxyl groups is 1. The van der Waals surface area contributed by atoms with Crippen LogP contribution in [0.5, 0.6) is 0 Å². The highest BCUT2D eigenvalue weighted by atomic mass is 32.2. The molecule has 0 spiro atoms. The third kappa shape index (κ3) is 12.4. The molecule has 10 nitrogen and oxygen atoms in total. The molecule has 0 fully saturated rings. The van der Waals surface area contributed by atoms with Crippen LogP contribution in [0.2, 0.25) is 0 Å². The van der Waals surface area contributed by atoms with Crippen LogP contribution in [0.4, 0.5) is 0 Å². The van der Waals surface area contributed by atoms with Crippen LogP contribution >= 0.6 is 0 Å². The summed E-state index contributed by atoms with van der Waals surface area (Å²) in [5, 5.41) is 12.6. The first-order valence-electron chi connectivity index (χ1n) is 9.41. The predicted molar refractivity (Wildman–Crippen MR) is 104 cm³/mol. The highest BCUT2D eigenvalue weighted by Gasteiger charge is 2.36. The lowest BCUT2D eigenvalue weighted by Gasteiger charge is -2.28. The molecular formula is C18H33NO9S. The van der Waals surface area contributed by atoms with E-state index in [0.717, 1.165) is 0 Å². The van der Waals surface area contributed by atoms with E-state index >= 15 is 0 Å². The molecule has 0 aliphatic carbocycles. The molecule has 0 aromatic carbocycles. The molecule has 1 atom stereocenters. The predicted octanol–water partition coefficient (Wildman–Crippen LogP) is 0.379. The standard InChI is InChI=1S/C18H33NO9S/c1-13(2)16(22)26-9-7-10-27-17(23)15(21)18(4,5)12-28-29(24,25)11-6-8-19-14(3)20/h13,15,21H,6-12H2,1-5H3,(H,19,20)/t15-/m0/s1. The van der Waals surface area contributed by atoms with Gasteiger partial charge in [-0.1, -0.05) is 27.7 Å². The van der Waals surface area contributed by atoms with Crippen LogP contribution in [0.15, 0.2) is 0 Å². The summed E-state index contributed by atoms with van der Waals surface area (Å²) in [6, 6.07) is 0. The molecule has 0 radical (unpaired) electrons. The minimum absolute atomic E-state index is 0.0559. The topological polar surface area (TPSA) is 145 Å². The molecule has 0 aromatic heterocycles. The number of amides is 1. The molecule has 0 aliphatic rings. The quantitative estimate of drug-likeness (QED) is 0.223. The van der Waals surface area contributed by atoms with E-state index in [4.69, 9.17) is 13.7 Å².